The molecule has 0 atom stereocenters. The lowest BCUT2D eigenvalue weighted by Crippen LogP contribution is -2.38. The summed E-state index contributed by atoms with van der Waals surface area (Å²) in [5.41, 5.74) is 5.83. The first-order valence-corrected chi connectivity index (χ1v) is 8.67. The van der Waals surface area contributed by atoms with Gasteiger partial charge in [0.2, 0.25) is 0 Å². The fraction of sp³-hybridized carbons (Fsp3) is 1.00. The van der Waals surface area contributed by atoms with Crippen LogP contribution in [0.2, 0.25) is 0 Å². The SMILES string of the molecule is NC1CCC(OCCCNS(=O)(=O)NC2CC2)CC1. The van der Waals surface area contributed by atoms with E-state index in [1.807, 2.05) is 0 Å². The summed E-state index contributed by atoms with van der Waals surface area (Å²) < 4.78 is 33.9. The molecule has 2 fully saturated rings. The summed E-state index contributed by atoms with van der Waals surface area (Å²) in [6, 6.07) is 0.486. The maximum Gasteiger partial charge on any atom is 0.277 e. The van der Waals surface area contributed by atoms with Crippen LogP contribution in [0.25, 0.3) is 0 Å². The van der Waals surface area contributed by atoms with Crippen LogP contribution < -0.4 is 15.2 Å². The van der Waals surface area contributed by atoms with Gasteiger partial charge in [-0.2, -0.15) is 13.1 Å². The van der Waals surface area contributed by atoms with Crippen molar-refractivity contribution < 1.29 is 13.2 Å². The number of rotatable bonds is 8. The topological polar surface area (TPSA) is 93.4 Å². The second kappa shape index (κ2) is 6.99. The van der Waals surface area contributed by atoms with Gasteiger partial charge in [0.15, 0.2) is 0 Å². The van der Waals surface area contributed by atoms with Gasteiger partial charge in [-0.25, -0.2) is 4.72 Å². The average Bonchev–Trinajstić information content (AvgIpc) is 3.14. The Bertz CT molecular complexity index is 362. The average molecular weight is 291 g/mol. The van der Waals surface area contributed by atoms with Crippen LogP contribution in [0.3, 0.4) is 0 Å². The molecular formula is C12H25N3O3S. The Balaban J connectivity index is 1.49. The molecule has 0 bridgehead atoms. The van der Waals surface area contributed by atoms with Gasteiger partial charge in [-0.05, 0) is 44.9 Å². The van der Waals surface area contributed by atoms with Gasteiger partial charge in [0.05, 0.1) is 6.10 Å². The van der Waals surface area contributed by atoms with Crippen LogP contribution in [-0.2, 0) is 14.9 Å². The highest BCUT2D eigenvalue weighted by molar-refractivity contribution is 7.87. The summed E-state index contributed by atoms with van der Waals surface area (Å²) in [7, 11) is -3.30. The first-order chi connectivity index (χ1) is 9.05. The molecule has 2 saturated carbocycles. The number of ether oxygens (including phenoxy) is 1. The van der Waals surface area contributed by atoms with E-state index >= 15 is 0 Å². The molecule has 0 aromatic rings. The quantitative estimate of drug-likeness (QED) is 0.559. The van der Waals surface area contributed by atoms with E-state index in [4.69, 9.17) is 10.5 Å². The van der Waals surface area contributed by atoms with Crippen molar-refractivity contribution in [1.82, 2.24) is 9.44 Å². The fourth-order valence-corrected chi connectivity index (χ4v) is 3.42. The lowest BCUT2D eigenvalue weighted by molar-refractivity contribution is 0.0245. The molecule has 2 aliphatic carbocycles. The van der Waals surface area contributed by atoms with E-state index in [1.165, 1.54) is 0 Å². The van der Waals surface area contributed by atoms with Crippen LogP contribution in [-0.4, -0.2) is 39.8 Å². The minimum absolute atomic E-state index is 0.153. The molecule has 112 valence electrons. The third-order valence-electron chi connectivity index (χ3n) is 3.58. The van der Waals surface area contributed by atoms with Crippen LogP contribution in [0.5, 0.6) is 0 Å². The fourth-order valence-electron chi connectivity index (χ4n) is 2.25. The molecule has 0 radical (unpaired) electrons. The normalized spacial score (nSPS) is 28.5. The second-order valence-electron chi connectivity index (χ2n) is 5.55. The molecular weight excluding hydrogens is 266 g/mol. The van der Waals surface area contributed by atoms with Gasteiger partial charge in [-0.15, -0.1) is 0 Å². The molecule has 2 aliphatic rings. The van der Waals surface area contributed by atoms with Gasteiger partial charge in [0.1, 0.15) is 0 Å². The Morgan fingerprint density at radius 3 is 2.42 bits per heavy atom. The zero-order valence-electron chi connectivity index (χ0n) is 11.3. The number of hydrogen-bond donors (Lipinski definition) is 3. The van der Waals surface area contributed by atoms with Crippen molar-refractivity contribution in [3.63, 3.8) is 0 Å². The Morgan fingerprint density at radius 2 is 1.79 bits per heavy atom. The molecule has 0 aromatic carbocycles. The zero-order chi connectivity index (χ0) is 13.7. The smallest absolute Gasteiger partial charge is 0.277 e. The monoisotopic (exact) mass is 291 g/mol. The standard InChI is InChI=1S/C12H25N3O3S/c13-10-2-6-12(7-3-10)18-9-1-8-14-19(16,17)15-11-4-5-11/h10-12,14-15H,1-9,13H2. The van der Waals surface area contributed by atoms with Gasteiger partial charge < -0.3 is 10.5 Å². The molecule has 19 heavy (non-hydrogen) atoms. The summed E-state index contributed by atoms with van der Waals surface area (Å²) >= 11 is 0. The molecule has 0 spiro atoms. The molecule has 7 heteroatoms. The second-order valence-corrected chi connectivity index (χ2v) is 7.08. The maximum absolute atomic E-state index is 11.5. The predicted octanol–water partition coefficient (Wildman–Crippen LogP) is 0.249. The third kappa shape index (κ3) is 6.18. The van der Waals surface area contributed by atoms with Crippen molar-refractivity contribution in [1.29, 1.82) is 0 Å². The van der Waals surface area contributed by atoms with E-state index < -0.39 is 10.2 Å². The molecule has 0 aromatic heterocycles. The van der Waals surface area contributed by atoms with E-state index in [-0.39, 0.29) is 6.04 Å². The molecule has 4 N–H and O–H groups in total. The highest BCUT2D eigenvalue weighted by Gasteiger charge is 2.26. The summed E-state index contributed by atoms with van der Waals surface area (Å²) in [4.78, 5) is 0. The van der Waals surface area contributed by atoms with Gasteiger partial charge >= 0.3 is 0 Å². The lowest BCUT2D eigenvalue weighted by atomic mass is 9.94. The van der Waals surface area contributed by atoms with Crippen molar-refractivity contribution in [2.24, 2.45) is 5.73 Å². The van der Waals surface area contributed by atoms with E-state index in [1.54, 1.807) is 0 Å². The van der Waals surface area contributed by atoms with Crippen LogP contribution in [0.15, 0.2) is 0 Å². The Hall–Kier alpha value is -0.210. The summed E-state index contributed by atoms with van der Waals surface area (Å²) in [6.45, 7) is 1.03. The number of nitrogens with two attached hydrogens (primary N) is 1. The van der Waals surface area contributed by atoms with Gasteiger partial charge in [-0.3, -0.25) is 0 Å². The maximum atomic E-state index is 11.5. The summed E-state index contributed by atoms with van der Waals surface area (Å²) in [5, 5.41) is 0. The highest BCUT2D eigenvalue weighted by atomic mass is 32.2. The Labute approximate surface area is 115 Å². The van der Waals surface area contributed by atoms with E-state index in [0.29, 0.717) is 31.7 Å². The lowest BCUT2D eigenvalue weighted by Gasteiger charge is -2.26. The molecule has 2 rings (SSSR count). The molecule has 0 saturated heterocycles. The van der Waals surface area contributed by atoms with Crippen LogP contribution >= 0.6 is 0 Å². The Morgan fingerprint density at radius 1 is 1.11 bits per heavy atom. The summed E-state index contributed by atoms with van der Waals surface area (Å²) in [5.74, 6) is 0. The molecule has 0 amide bonds. The largest absolute Gasteiger partial charge is 0.378 e. The first-order valence-electron chi connectivity index (χ1n) is 7.19. The van der Waals surface area contributed by atoms with E-state index in [2.05, 4.69) is 9.44 Å². The Kier molecular flexibility index (Phi) is 5.58. The van der Waals surface area contributed by atoms with E-state index in [0.717, 1.165) is 38.5 Å². The van der Waals surface area contributed by atoms with Crippen LogP contribution in [0, 0.1) is 0 Å². The van der Waals surface area contributed by atoms with Gasteiger partial charge in [0, 0.05) is 25.2 Å². The number of nitrogens with one attached hydrogen (secondary N) is 2. The molecule has 0 unspecified atom stereocenters. The number of hydrogen-bond acceptors (Lipinski definition) is 4. The van der Waals surface area contributed by atoms with Crippen molar-refractivity contribution in [2.45, 2.75) is 63.1 Å². The molecule has 0 heterocycles. The van der Waals surface area contributed by atoms with Gasteiger partial charge in [0.25, 0.3) is 10.2 Å². The predicted molar refractivity (Wildman–Crippen MR) is 73.9 cm³/mol. The third-order valence-corrected chi connectivity index (χ3v) is 4.81. The van der Waals surface area contributed by atoms with Crippen molar-refractivity contribution >= 4 is 10.2 Å². The summed E-state index contributed by atoms with van der Waals surface area (Å²) in [6.07, 6.45) is 7.02. The van der Waals surface area contributed by atoms with Crippen molar-refractivity contribution in [3.05, 3.63) is 0 Å². The van der Waals surface area contributed by atoms with Crippen LogP contribution in [0.4, 0.5) is 0 Å². The van der Waals surface area contributed by atoms with Crippen LogP contribution in [0.1, 0.15) is 44.9 Å². The first kappa shape index (κ1) is 15.2. The minimum atomic E-state index is -3.30. The minimum Gasteiger partial charge on any atom is -0.378 e. The van der Waals surface area contributed by atoms with Gasteiger partial charge in [-0.1, -0.05) is 0 Å². The highest BCUT2D eigenvalue weighted by Crippen LogP contribution is 2.20. The molecule has 0 aliphatic heterocycles. The van der Waals surface area contributed by atoms with E-state index in [9.17, 15) is 8.42 Å². The van der Waals surface area contributed by atoms with Crippen molar-refractivity contribution in [3.8, 4) is 0 Å². The molecule has 6 nitrogen and oxygen atoms in total. The zero-order valence-corrected chi connectivity index (χ0v) is 12.1. The van der Waals surface area contributed by atoms with Crippen molar-refractivity contribution in [2.75, 3.05) is 13.2 Å².